The van der Waals surface area contributed by atoms with Crippen LogP contribution in [0, 0.1) is 12.3 Å². The first-order chi connectivity index (χ1) is 9.63. The molecule has 2 aliphatic carbocycles. The van der Waals surface area contributed by atoms with Crippen LogP contribution in [0.4, 0.5) is 0 Å². The summed E-state index contributed by atoms with van der Waals surface area (Å²) in [7, 11) is 9.87. The van der Waals surface area contributed by atoms with Crippen LogP contribution in [-0.2, 0) is 20.8 Å². The zero-order chi connectivity index (χ0) is 14.6. The van der Waals surface area contributed by atoms with Crippen molar-refractivity contribution in [3.8, 4) is 5.75 Å². The number of hydrogen-bond donors (Lipinski definition) is 1. The standard InChI is InChI=1S/C15H19NO.2ClH.Zr/c1-11-4-2-5-12(14(11)17)10-16-13-6-9-15(13)7-3-8-15;;;/h2,4-5,10,13,17H,3,6-9H2,1H3;2*1H;/q;;;+2/p-2. The molecule has 2 aliphatic rings. The first kappa shape index (κ1) is 16.5. The number of phenols is 1. The molecule has 0 saturated heterocycles. The monoisotopic (exact) mass is 389 g/mol. The predicted octanol–water partition coefficient (Wildman–Crippen LogP) is 4.83. The molecule has 2 fully saturated rings. The van der Waals surface area contributed by atoms with Crippen LogP contribution in [0.25, 0.3) is 0 Å². The van der Waals surface area contributed by atoms with E-state index in [9.17, 15) is 5.11 Å². The molecule has 1 spiro atoms. The zero-order valence-electron chi connectivity index (χ0n) is 11.6. The number of aliphatic imine (C=N–C) groups is 1. The molecule has 0 radical (unpaired) electrons. The molecule has 0 bridgehead atoms. The van der Waals surface area contributed by atoms with Crippen LogP contribution in [-0.4, -0.2) is 17.4 Å². The maximum absolute atomic E-state index is 9.91. The summed E-state index contributed by atoms with van der Waals surface area (Å²) in [4.78, 5) is 4.69. The van der Waals surface area contributed by atoms with Crippen LogP contribution in [0.15, 0.2) is 23.2 Å². The predicted molar refractivity (Wildman–Crippen MR) is 81.4 cm³/mol. The second-order valence-electron chi connectivity index (χ2n) is 5.63. The molecule has 0 amide bonds. The van der Waals surface area contributed by atoms with Crippen molar-refractivity contribution in [2.45, 2.75) is 45.1 Å². The average molecular weight is 391 g/mol. The number of aryl methyl sites for hydroxylation is 1. The Morgan fingerprint density at radius 3 is 2.55 bits per heavy atom. The fraction of sp³-hybridized carbons (Fsp3) is 0.533. The van der Waals surface area contributed by atoms with Gasteiger partial charge in [-0.25, -0.2) is 0 Å². The third-order valence-corrected chi connectivity index (χ3v) is 4.63. The summed E-state index contributed by atoms with van der Waals surface area (Å²) in [5.41, 5.74) is 2.32. The Balaban J connectivity index is 0.000000452. The first-order valence-electron chi connectivity index (χ1n) is 6.91. The van der Waals surface area contributed by atoms with Crippen molar-refractivity contribution in [2.24, 2.45) is 10.4 Å². The molecule has 2 nitrogen and oxygen atoms in total. The van der Waals surface area contributed by atoms with Crippen molar-refractivity contribution >= 4 is 23.2 Å². The fourth-order valence-corrected chi connectivity index (χ4v) is 3.08. The van der Waals surface area contributed by atoms with Crippen molar-refractivity contribution in [3.05, 3.63) is 29.3 Å². The summed E-state index contributed by atoms with van der Waals surface area (Å²) in [6.07, 6.45) is 8.54. The Kier molecular flexibility index (Phi) is 6.13. The molecule has 0 aromatic heterocycles. The normalized spacial score (nSPS) is 22.6. The van der Waals surface area contributed by atoms with Crippen molar-refractivity contribution in [3.63, 3.8) is 0 Å². The van der Waals surface area contributed by atoms with Crippen LogP contribution in [0.5, 0.6) is 5.75 Å². The maximum atomic E-state index is 9.91. The fourth-order valence-electron chi connectivity index (χ4n) is 3.08. The third-order valence-electron chi connectivity index (χ3n) is 4.63. The van der Waals surface area contributed by atoms with Gasteiger partial charge in [0, 0.05) is 11.8 Å². The summed E-state index contributed by atoms with van der Waals surface area (Å²) in [5, 5.41) is 9.91. The van der Waals surface area contributed by atoms with E-state index in [2.05, 4.69) is 0 Å². The molecule has 0 aliphatic heterocycles. The van der Waals surface area contributed by atoms with E-state index in [4.69, 9.17) is 22.0 Å². The van der Waals surface area contributed by atoms with Crippen LogP contribution < -0.4 is 0 Å². The number of rotatable bonds is 2. The van der Waals surface area contributed by atoms with E-state index in [1.165, 1.54) is 32.1 Å². The summed E-state index contributed by atoms with van der Waals surface area (Å²) in [6, 6.07) is 6.33. The van der Waals surface area contributed by atoms with Crippen molar-refractivity contribution in [1.82, 2.24) is 0 Å². The number of aromatic hydroxyl groups is 1. The van der Waals surface area contributed by atoms with Gasteiger partial charge >= 0.3 is 37.9 Å². The van der Waals surface area contributed by atoms with Gasteiger partial charge in [0.15, 0.2) is 0 Å². The molecular weight excluding hydrogens is 372 g/mol. The third kappa shape index (κ3) is 3.48. The average Bonchev–Trinajstić information content (AvgIpc) is 2.32. The Bertz CT molecular complexity index is 483. The molecule has 1 aromatic carbocycles. The Labute approximate surface area is 139 Å². The number of halogens is 2. The van der Waals surface area contributed by atoms with Gasteiger partial charge in [-0.1, -0.05) is 18.6 Å². The number of phenolic OH excluding ortho intramolecular Hbond substituents is 1. The summed E-state index contributed by atoms with van der Waals surface area (Å²) < 4.78 is 0. The van der Waals surface area contributed by atoms with Gasteiger partial charge in [0.05, 0.1) is 6.04 Å². The number of hydrogen-bond acceptors (Lipinski definition) is 2. The summed E-state index contributed by atoms with van der Waals surface area (Å²) in [6.45, 7) is 1.92. The van der Waals surface area contributed by atoms with Crippen LogP contribution in [0.1, 0.15) is 43.2 Å². The SMILES string of the molecule is Cc1cccc(C=NC2CCC23CCC3)c1O.[Cl][Zr][Cl]. The topological polar surface area (TPSA) is 32.6 Å². The quantitative estimate of drug-likeness (QED) is 0.720. The molecule has 2 saturated carbocycles. The number of para-hydroxylation sites is 1. The van der Waals surface area contributed by atoms with Crippen LogP contribution >= 0.6 is 17.0 Å². The first-order valence-corrected chi connectivity index (χ1v) is 13.2. The molecule has 5 heteroatoms. The van der Waals surface area contributed by atoms with Crippen molar-refractivity contribution < 1.29 is 26.0 Å². The van der Waals surface area contributed by atoms with E-state index in [0.29, 0.717) is 17.2 Å². The van der Waals surface area contributed by atoms with Crippen molar-refractivity contribution in [2.75, 3.05) is 0 Å². The van der Waals surface area contributed by atoms with Gasteiger partial charge in [-0.2, -0.15) is 0 Å². The Morgan fingerprint density at radius 2 is 2.05 bits per heavy atom. The van der Waals surface area contributed by atoms with Crippen LogP contribution in [0.3, 0.4) is 0 Å². The van der Waals surface area contributed by atoms with Crippen LogP contribution in [0.2, 0.25) is 0 Å². The minimum atomic E-state index is -0.826. The molecule has 0 heterocycles. The molecular formula is C15H19Cl2NOZr. The second-order valence-corrected chi connectivity index (χ2v) is 9.36. The van der Waals surface area contributed by atoms with E-state index in [1.54, 1.807) is 0 Å². The van der Waals surface area contributed by atoms with E-state index >= 15 is 0 Å². The second kappa shape index (κ2) is 7.43. The number of benzene rings is 1. The molecule has 108 valence electrons. The summed E-state index contributed by atoms with van der Waals surface area (Å²) >= 11 is -0.826. The Hall–Kier alpha value is 0.153. The van der Waals surface area contributed by atoms with Crippen molar-refractivity contribution in [1.29, 1.82) is 0 Å². The molecule has 1 atom stereocenters. The van der Waals surface area contributed by atoms with Gasteiger partial charge < -0.3 is 5.11 Å². The van der Waals surface area contributed by atoms with E-state index in [-0.39, 0.29) is 0 Å². The summed E-state index contributed by atoms with van der Waals surface area (Å²) in [5.74, 6) is 0.373. The number of nitrogens with zero attached hydrogens (tertiary/aromatic N) is 1. The van der Waals surface area contributed by atoms with Gasteiger partial charge in [0.2, 0.25) is 0 Å². The molecule has 20 heavy (non-hydrogen) atoms. The Morgan fingerprint density at radius 1 is 1.35 bits per heavy atom. The zero-order valence-corrected chi connectivity index (χ0v) is 15.5. The van der Waals surface area contributed by atoms with E-state index in [0.717, 1.165) is 11.1 Å². The molecule has 1 N–H and O–H groups in total. The molecule has 1 unspecified atom stereocenters. The van der Waals surface area contributed by atoms with E-state index in [1.807, 2.05) is 31.3 Å². The van der Waals surface area contributed by atoms with Gasteiger partial charge in [0.1, 0.15) is 5.75 Å². The molecule has 1 aromatic rings. The van der Waals surface area contributed by atoms with Gasteiger partial charge in [-0.15, -0.1) is 0 Å². The van der Waals surface area contributed by atoms with E-state index < -0.39 is 20.8 Å². The minimum absolute atomic E-state index is 0.373. The van der Waals surface area contributed by atoms with Gasteiger partial charge in [0.25, 0.3) is 0 Å². The van der Waals surface area contributed by atoms with Gasteiger partial charge in [-0.3, -0.25) is 4.99 Å². The van der Waals surface area contributed by atoms with Gasteiger partial charge in [-0.05, 0) is 49.7 Å². The molecule has 3 rings (SSSR count).